The van der Waals surface area contributed by atoms with Crippen molar-refractivity contribution >= 4 is 17.7 Å². The Morgan fingerprint density at radius 3 is 2.78 bits per heavy atom. The largest absolute Gasteiger partial charge is 0.416 e. The zero-order valence-corrected chi connectivity index (χ0v) is 16.2. The van der Waals surface area contributed by atoms with Crippen LogP contribution in [0.3, 0.4) is 0 Å². The monoisotopic (exact) mass is 393 g/mol. The molecule has 1 aliphatic rings. The first-order chi connectivity index (χ1) is 12.9. The Kier molecular flexibility index (Phi) is 6.15. The molecule has 27 heavy (non-hydrogen) atoms. The highest BCUT2D eigenvalue weighted by molar-refractivity contribution is 7.99. The summed E-state index contributed by atoms with van der Waals surface area (Å²) in [5.41, 5.74) is 0.0113. The molecule has 1 fully saturated rings. The molecule has 0 radical (unpaired) electrons. The Morgan fingerprint density at radius 1 is 1.30 bits per heavy atom. The number of carbonyl (C=O) groups is 1. The van der Waals surface area contributed by atoms with Gasteiger partial charge in [0.1, 0.15) is 0 Å². The summed E-state index contributed by atoms with van der Waals surface area (Å²) >= 11 is 1.17. The van der Waals surface area contributed by atoms with Crippen LogP contribution in [0.5, 0.6) is 0 Å². The van der Waals surface area contributed by atoms with Crippen LogP contribution in [0.2, 0.25) is 0 Å². The summed E-state index contributed by atoms with van der Waals surface area (Å²) in [6.07, 6.45) is 5.76. The first-order valence-electron chi connectivity index (χ1n) is 8.97. The van der Waals surface area contributed by atoms with Crippen LogP contribution in [-0.4, -0.2) is 37.5 Å². The van der Waals surface area contributed by atoms with Crippen LogP contribution in [0.15, 0.2) is 19.2 Å². The first-order valence-corrected chi connectivity index (χ1v) is 9.96. The number of rotatable bonds is 6. The third-order valence-electron chi connectivity index (χ3n) is 4.69. The molecular weight excluding hydrogens is 370 g/mol. The highest BCUT2D eigenvalue weighted by atomic mass is 32.2. The minimum atomic E-state index is -0.466. The number of hydrogen-bond donors (Lipinski definition) is 2. The zero-order chi connectivity index (χ0) is 19.4. The van der Waals surface area contributed by atoms with E-state index in [1.807, 2.05) is 0 Å². The van der Waals surface area contributed by atoms with E-state index in [4.69, 9.17) is 4.42 Å². The van der Waals surface area contributed by atoms with Crippen molar-refractivity contribution in [2.45, 2.75) is 56.7 Å². The predicted molar refractivity (Wildman–Crippen MR) is 99.9 cm³/mol. The van der Waals surface area contributed by atoms with E-state index in [0.29, 0.717) is 11.3 Å². The average Bonchev–Trinajstić information content (AvgIpc) is 3.10. The number of nitrogens with zero attached hydrogens (tertiary/aromatic N) is 3. The molecule has 10 heteroatoms. The van der Waals surface area contributed by atoms with Crippen molar-refractivity contribution in [3.05, 3.63) is 38.0 Å². The van der Waals surface area contributed by atoms with Gasteiger partial charge < -0.3 is 14.7 Å². The summed E-state index contributed by atoms with van der Waals surface area (Å²) in [5.74, 6) is 0.423. The summed E-state index contributed by atoms with van der Waals surface area (Å²) in [4.78, 5) is 38.5. The Balaban J connectivity index is 1.57. The lowest BCUT2D eigenvalue weighted by atomic mass is 9.95. The molecular formula is C17H23N5O4S. The average molecular weight is 393 g/mol. The molecule has 2 N–H and O–H groups in total. The molecule has 146 valence electrons. The number of carbonyl (C=O) groups excluding carboxylic acids is 1. The van der Waals surface area contributed by atoms with E-state index in [-0.39, 0.29) is 35.2 Å². The van der Waals surface area contributed by atoms with Gasteiger partial charge in [-0.15, -0.1) is 10.2 Å². The fourth-order valence-electron chi connectivity index (χ4n) is 3.15. The molecule has 2 heterocycles. The topological polar surface area (TPSA) is 123 Å². The number of H-pyrrole nitrogens is 1. The first kappa shape index (κ1) is 19.4. The minimum Gasteiger partial charge on any atom is -0.416 e. The minimum absolute atomic E-state index is 0.0444. The van der Waals surface area contributed by atoms with Crippen molar-refractivity contribution < 1.29 is 9.21 Å². The number of hydrogen-bond acceptors (Lipinski definition) is 7. The van der Waals surface area contributed by atoms with Crippen molar-refractivity contribution in [1.29, 1.82) is 0 Å². The van der Waals surface area contributed by atoms with Gasteiger partial charge in [0.25, 0.3) is 10.8 Å². The van der Waals surface area contributed by atoms with Crippen molar-refractivity contribution in [3.8, 4) is 0 Å². The summed E-state index contributed by atoms with van der Waals surface area (Å²) in [5, 5.41) is 11.2. The maximum atomic E-state index is 12.2. The standard InChI is InChI=1S/C17H23N5O4S/c1-10-12(15(24)22(2)16(25)18-10)8-14-20-21-17(26-14)27-9-13(23)19-11-6-4-3-5-7-11/h11H,3-9H2,1-2H3,(H,18,25)(H,19,23). The van der Waals surface area contributed by atoms with Gasteiger partial charge in [-0.1, -0.05) is 31.0 Å². The van der Waals surface area contributed by atoms with E-state index in [0.717, 1.165) is 30.3 Å². The molecule has 3 rings (SSSR count). The molecule has 1 amide bonds. The van der Waals surface area contributed by atoms with Crippen LogP contribution in [0.1, 0.15) is 49.3 Å². The fourth-order valence-corrected chi connectivity index (χ4v) is 3.74. The number of aromatic nitrogens is 4. The van der Waals surface area contributed by atoms with Crippen LogP contribution in [0, 0.1) is 6.92 Å². The van der Waals surface area contributed by atoms with E-state index in [1.165, 1.54) is 25.2 Å². The van der Waals surface area contributed by atoms with Crippen molar-refractivity contribution in [3.63, 3.8) is 0 Å². The quantitative estimate of drug-likeness (QED) is 0.699. The Labute approximate surface area is 160 Å². The van der Waals surface area contributed by atoms with Gasteiger partial charge in [-0.05, 0) is 19.8 Å². The third kappa shape index (κ3) is 4.88. The molecule has 0 bridgehead atoms. The van der Waals surface area contributed by atoms with E-state index in [9.17, 15) is 14.4 Å². The van der Waals surface area contributed by atoms with Crippen LogP contribution in [-0.2, 0) is 18.3 Å². The van der Waals surface area contributed by atoms with Gasteiger partial charge >= 0.3 is 5.69 Å². The SMILES string of the molecule is Cc1[nH]c(=O)n(C)c(=O)c1Cc1nnc(SCC(=O)NC2CCCCC2)o1. The van der Waals surface area contributed by atoms with E-state index >= 15 is 0 Å². The molecule has 0 unspecified atom stereocenters. The second-order valence-corrected chi connectivity index (χ2v) is 7.65. The lowest BCUT2D eigenvalue weighted by Gasteiger charge is -2.22. The van der Waals surface area contributed by atoms with Crippen LogP contribution in [0.25, 0.3) is 0 Å². The lowest BCUT2D eigenvalue weighted by Crippen LogP contribution is -2.37. The molecule has 9 nitrogen and oxygen atoms in total. The molecule has 1 saturated carbocycles. The second kappa shape index (κ2) is 8.55. The number of amides is 1. The van der Waals surface area contributed by atoms with E-state index < -0.39 is 11.2 Å². The Morgan fingerprint density at radius 2 is 2.04 bits per heavy atom. The van der Waals surface area contributed by atoms with Gasteiger partial charge in [0.2, 0.25) is 11.8 Å². The van der Waals surface area contributed by atoms with Crippen molar-refractivity contribution in [1.82, 2.24) is 25.1 Å². The van der Waals surface area contributed by atoms with E-state index in [1.54, 1.807) is 6.92 Å². The maximum Gasteiger partial charge on any atom is 0.328 e. The predicted octanol–water partition coefficient (Wildman–Crippen LogP) is 0.897. The van der Waals surface area contributed by atoms with Gasteiger partial charge in [0.05, 0.1) is 12.2 Å². The Hall–Kier alpha value is -2.36. The summed E-state index contributed by atoms with van der Waals surface area (Å²) in [7, 11) is 1.41. The molecule has 2 aromatic rings. The van der Waals surface area contributed by atoms with Gasteiger partial charge in [-0.25, -0.2) is 4.79 Å². The smallest absolute Gasteiger partial charge is 0.328 e. The van der Waals surface area contributed by atoms with Crippen LogP contribution < -0.4 is 16.6 Å². The van der Waals surface area contributed by atoms with Crippen molar-refractivity contribution in [2.24, 2.45) is 7.05 Å². The number of nitrogens with one attached hydrogen (secondary N) is 2. The van der Waals surface area contributed by atoms with Crippen LogP contribution in [0.4, 0.5) is 0 Å². The number of thioether (sulfide) groups is 1. The summed E-state index contributed by atoms with van der Waals surface area (Å²) in [6, 6.07) is 0.268. The summed E-state index contributed by atoms with van der Waals surface area (Å²) in [6.45, 7) is 1.65. The lowest BCUT2D eigenvalue weighted by molar-refractivity contribution is -0.119. The van der Waals surface area contributed by atoms with Gasteiger partial charge in [-0.3, -0.25) is 14.2 Å². The number of aryl methyl sites for hydroxylation is 1. The zero-order valence-electron chi connectivity index (χ0n) is 15.4. The molecule has 0 aliphatic heterocycles. The summed E-state index contributed by atoms with van der Waals surface area (Å²) < 4.78 is 6.53. The Bertz CT molecular complexity index is 926. The molecule has 0 saturated heterocycles. The van der Waals surface area contributed by atoms with E-state index in [2.05, 4.69) is 20.5 Å². The number of aromatic amines is 1. The third-order valence-corrected chi connectivity index (χ3v) is 5.51. The highest BCUT2D eigenvalue weighted by Gasteiger charge is 2.18. The maximum absolute atomic E-state index is 12.2. The molecule has 0 spiro atoms. The van der Waals surface area contributed by atoms with Gasteiger partial charge in [0.15, 0.2) is 0 Å². The molecule has 1 aliphatic carbocycles. The second-order valence-electron chi connectivity index (χ2n) is 6.73. The van der Waals surface area contributed by atoms with Gasteiger partial charge in [0, 0.05) is 24.3 Å². The van der Waals surface area contributed by atoms with Gasteiger partial charge in [-0.2, -0.15) is 0 Å². The fraction of sp³-hybridized carbons (Fsp3) is 0.588. The van der Waals surface area contributed by atoms with Crippen molar-refractivity contribution in [2.75, 3.05) is 5.75 Å². The highest BCUT2D eigenvalue weighted by Crippen LogP contribution is 2.19. The molecule has 2 aromatic heterocycles. The molecule has 0 atom stereocenters. The molecule has 0 aromatic carbocycles. The normalized spacial score (nSPS) is 15.0. The van der Waals surface area contributed by atoms with Crippen LogP contribution >= 0.6 is 11.8 Å².